The van der Waals surface area contributed by atoms with Crippen molar-refractivity contribution in [2.45, 2.75) is 25.7 Å². The zero-order chi connectivity index (χ0) is 17.7. The Labute approximate surface area is 143 Å². The molecule has 0 saturated carbocycles. The Kier molecular flexibility index (Phi) is 5.85. The molecule has 0 saturated heterocycles. The fraction of sp³-hybridized carbons (Fsp3) is 0.333. The maximum atomic E-state index is 12.5. The van der Waals surface area contributed by atoms with E-state index in [0.29, 0.717) is 11.3 Å². The molecule has 0 spiro atoms. The number of sulfonamides is 1. The van der Waals surface area contributed by atoms with Crippen molar-refractivity contribution in [3.63, 3.8) is 0 Å². The van der Waals surface area contributed by atoms with Crippen LogP contribution in [-0.2, 0) is 10.0 Å². The van der Waals surface area contributed by atoms with E-state index in [9.17, 15) is 8.42 Å². The van der Waals surface area contributed by atoms with Crippen molar-refractivity contribution < 1.29 is 17.9 Å². The largest absolute Gasteiger partial charge is 0.496 e. The van der Waals surface area contributed by atoms with Gasteiger partial charge in [0.2, 0.25) is 10.0 Å². The average molecular weight is 349 g/mol. The van der Waals surface area contributed by atoms with Crippen molar-refractivity contribution in [2.24, 2.45) is 0 Å². The van der Waals surface area contributed by atoms with Crippen LogP contribution in [0.4, 0.5) is 0 Å². The first-order valence-electron chi connectivity index (χ1n) is 7.68. The Balaban J connectivity index is 1.98. The van der Waals surface area contributed by atoms with Crippen LogP contribution in [0.5, 0.6) is 11.5 Å². The molecule has 0 atom stereocenters. The van der Waals surface area contributed by atoms with Crippen LogP contribution in [0.2, 0.25) is 0 Å². The molecule has 0 bridgehead atoms. The zero-order valence-electron chi connectivity index (χ0n) is 14.4. The smallest absolute Gasteiger partial charge is 0.240 e. The number of hydrogen-bond acceptors (Lipinski definition) is 4. The molecule has 24 heavy (non-hydrogen) atoms. The van der Waals surface area contributed by atoms with Gasteiger partial charge in [0.1, 0.15) is 18.1 Å². The number of methoxy groups -OCH3 is 1. The van der Waals surface area contributed by atoms with E-state index in [1.54, 1.807) is 26.2 Å². The molecule has 5 nitrogen and oxygen atoms in total. The van der Waals surface area contributed by atoms with Crippen molar-refractivity contribution in [1.82, 2.24) is 4.72 Å². The highest BCUT2D eigenvalue weighted by Gasteiger charge is 2.18. The van der Waals surface area contributed by atoms with Crippen LogP contribution < -0.4 is 14.2 Å². The summed E-state index contributed by atoms with van der Waals surface area (Å²) >= 11 is 0. The van der Waals surface area contributed by atoms with E-state index < -0.39 is 10.0 Å². The summed E-state index contributed by atoms with van der Waals surface area (Å²) in [6.45, 7) is 6.02. The van der Waals surface area contributed by atoms with Gasteiger partial charge in [-0.3, -0.25) is 0 Å². The first kappa shape index (κ1) is 18.3. The quantitative estimate of drug-likeness (QED) is 0.781. The molecular formula is C18H23NO4S. The van der Waals surface area contributed by atoms with E-state index in [1.165, 1.54) is 0 Å². The van der Waals surface area contributed by atoms with Gasteiger partial charge in [-0.15, -0.1) is 0 Å². The molecule has 0 aromatic heterocycles. The van der Waals surface area contributed by atoms with E-state index >= 15 is 0 Å². The monoisotopic (exact) mass is 349 g/mol. The lowest BCUT2D eigenvalue weighted by Crippen LogP contribution is -2.29. The second kappa shape index (κ2) is 7.68. The molecule has 130 valence electrons. The van der Waals surface area contributed by atoms with Gasteiger partial charge in [0, 0.05) is 6.54 Å². The SMILES string of the molecule is COc1cc(C)c(S(=O)(=O)NCCOc2ccc(C)cc2)cc1C. The minimum atomic E-state index is -3.59. The average Bonchev–Trinajstić information content (AvgIpc) is 2.55. The summed E-state index contributed by atoms with van der Waals surface area (Å²) in [5.41, 5.74) is 2.57. The first-order chi connectivity index (χ1) is 11.3. The fourth-order valence-electron chi connectivity index (χ4n) is 2.33. The molecule has 0 fully saturated rings. The van der Waals surface area contributed by atoms with Crippen LogP contribution in [0, 0.1) is 20.8 Å². The summed E-state index contributed by atoms with van der Waals surface area (Å²) in [5, 5.41) is 0. The van der Waals surface area contributed by atoms with E-state index in [4.69, 9.17) is 9.47 Å². The Morgan fingerprint density at radius 1 is 1.00 bits per heavy atom. The minimum absolute atomic E-state index is 0.195. The Morgan fingerprint density at radius 2 is 1.67 bits per heavy atom. The molecule has 0 amide bonds. The molecule has 0 aliphatic heterocycles. The topological polar surface area (TPSA) is 64.6 Å². The van der Waals surface area contributed by atoms with Crippen molar-refractivity contribution >= 4 is 10.0 Å². The molecule has 0 heterocycles. The molecule has 0 unspecified atom stereocenters. The second-order valence-electron chi connectivity index (χ2n) is 5.65. The molecule has 0 radical (unpaired) electrons. The maximum Gasteiger partial charge on any atom is 0.240 e. The van der Waals surface area contributed by atoms with Gasteiger partial charge in [0.15, 0.2) is 0 Å². The summed E-state index contributed by atoms with van der Waals surface area (Å²) in [5.74, 6) is 1.39. The molecule has 0 aliphatic carbocycles. The lowest BCUT2D eigenvalue weighted by molar-refractivity contribution is 0.323. The van der Waals surface area contributed by atoms with Crippen LogP contribution in [0.1, 0.15) is 16.7 Å². The molecule has 6 heteroatoms. The van der Waals surface area contributed by atoms with Gasteiger partial charge in [0.25, 0.3) is 0 Å². The zero-order valence-corrected chi connectivity index (χ0v) is 15.2. The number of ether oxygens (including phenoxy) is 2. The number of benzene rings is 2. The summed E-state index contributed by atoms with van der Waals surface area (Å²) < 4.78 is 38.2. The number of hydrogen-bond donors (Lipinski definition) is 1. The third-order valence-electron chi connectivity index (χ3n) is 3.67. The molecule has 2 aromatic carbocycles. The predicted molar refractivity (Wildman–Crippen MR) is 94.3 cm³/mol. The highest BCUT2D eigenvalue weighted by atomic mass is 32.2. The minimum Gasteiger partial charge on any atom is -0.496 e. The predicted octanol–water partition coefficient (Wildman–Crippen LogP) is 2.98. The van der Waals surface area contributed by atoms with E-state index in [0.717, 1.165) is 16.9 Å². The van der Waals surface area contributed by atoms with Gasteiger partial charge in [-0.25, -0.2) is 13.1 Å². The lowest BCUT2D eigenvalue weighted by atomic mass is 10.1. The van der Waals surface area contributed by atoms with Gasteiger partial charge >= 0.3 is 0 Å². The summed E-state index contributed by atoms with van der Waals surface area (Å²) in [7, 11) is -2.02. The first-order valence-corrected chi connectivity index (χ1v) is 9.16. The fourth-order valence-corrected chi connectivity index (χ4v) is 3.65. The van der Waals surface area contributed by atoms with Gasteiger partial charge < -0.3 is 9.47 Å². The Bertz CT molecular complexity index is 799. The maximum absolute atomic E-state index is 12.5. The van der Waals surface area contributed by atoms with E-state index in [2.05, 4.69) is 4.72 Å². The van der Waals surface area contributed by atoms with Gasteiger partial charge in [-0.1, -0.05) is 17.7 Å². The molecule has 2 aromatic rings. The summed E-state index contributed by atoms with van der Waals surface area (Å²) in [6, 6.07) is 11.0. The third-order valence-corrected chi connectivity index (χ3v) is 5.27. The van der Waals surface area contributed by atoms with Gasteiger partial charge in [-0.2, -0.15) is 0 Å². The standard InChI is InChI=1S/C18H23NO4S/c1-13-5-7-16(8-6-13)23-10-9-19-24(20,21)18-12-14(2)17(22-4)11-15(18)3/h5-8,11-12,19H,9-10H2,1-4H3. The lowest BCUT2D eigenvalue weighted by Gasteiger charge is -2.13. The van der Waals surface area contributed by atoms with Crippen molar-refractivity contribution in [1.29, 1.82) is 0 Å². The van der Waals surface area contributed by atoms with Crippen LogP contribution >= 0.6 is 0 Å². The van der Waals surface area contributed by atoms with E-state index in [-0.39, 0.29) is 18.0 Å². The van der Waals surface area contributed by atoms with Crippen LogP contribution in [0.25, 0.3) is 0 Å². The number of nitrogens with one attached hydrogen (secondary N) is 1. The highest BCUT2D eigenvalue weighted by molar-refractivity contribution is 7.89. The van der Waals surface area contributed by atoms with Crippen molar-refractivity contribution in [3.05, 3.63) is 53.1 Å². The van der Waals surface area contributed by atoms with Gasteiger partial charge in [-0.05, 0) is 56.2 Å². The van der Waals surface area contributed by atoms with Crippen LogP contribution in [-0.4, -0.2) is 28.7 Å². The summed E-state index contributed by atoms with van der Waals surface area (Å²) in [4.78, 5) is 0.260. The second-order valence-corrected chi connectivity index (χ2v) is 7.38. The molecule has 0 aliphatic rings. The molecule has 1 N–H and O–H groups in total. The van der Waals surface area contributed by atoms with E-state index in [1.807, 2.05) is 38.1 Å². The van der Waals surface area contributed by atoms with Crippen molar-refractivity contribution in [2.75, 3.05) is 20.3 Å². The Hall–Kier alpha value is -2.05. The van der Waals surface area contributed by atoms with Crippen molar-refractivity contribution in [3.8, 4) is 11.5 Å². The number of rotatable bonds is 7. The summed E-state index contributed by atoms with van der Waals surface area (Å²) in [6.07, 6.45) is 0. The molecule has 2 rings (SSSR count). The normalized spacial score (nSPS) is 11.3. The third kappa shape index (κ3) is 4.49. The number of aryl methyl sites for hydroxylation is 3. The van der Waals surface area contributed by atoms with Crippen LogP contribution in [0.3, 0.4) is 0 Å². The van der Waals surface area contributed by atoms with Gasteiger partial charge in [0.05, 0.1) is 12.0 Å². The van der Waals surface area contributed by atoms with Crippen LogP contribution in [0.15, 0.2) is 41.3 Å². The molecular weight excluding hydrogens is 326 g/mol. The highest BCUT2D eigenvalue weighted by Crippen LogP contribution is 2.25. The Morgan fingerprint density at radius 3 is 2.29 bits per heavy atom.